The summed E-state index contributed by atoms with van der Waals surface area (Å²) in [4.78, 5) is 33.5. The van der Waals surface area contributed by atoms with Gasteiger partial charge in [0.25, 0.3) is 5.24 Å². The topological polar surface area (TPSA) is 89.3 Å². The molecule has 7 heteroatoms. The van der Waals surface area contributed by atoms with Crippen LogP contribution in [0.5, 0.6) is 0 Å². The Kier molecular flexibility index (Phi) is 6.44. The lowest BCUT2D eigenvalue weighted by Gasteiger charge is -2.05. The fraction of sp³-hybridized carbons (Fsp3) is 0.250. The molecule has 0 bridgehead atoms. The quantitative estimate of drug-likeness (QED) is 0.784. The number of nitrogens with two attached hydrogens (primary N) is 1. The van der Waals surface area contributed by atoms with E-state index in [2.05, 4.69) is 5.32 Å². The molecule has 0 aliphatic carbocycles. The van der Waals surface area contributed by atoms with E-state index in [-0.39, 0.29) is 17.4 Å². The molecule has 0 fully saturated rings. The summed E-state index contributed by atoms with van der Waals surface area (Å²) in [7, 11) is 0. The Morgan fingerprint density at radius 2 is 1.79 bits per heavy atom. The largest absolute Gasteiger partial charge is 0.361 e. The first-order chi connectivity index (χ1) is 9.02. The van der Waals surface area contributed by atoms with Gasteiger partial charge in [0.15, 0.2) is 5.78 Å². The van der Waals surface area contributed by atoms with E-state index in [0.29, 0.717) is 17.0 Å². The molecule has 19 heavy (non-hydrogen) atoms. The van der Waals surface area contributed by atoms with Crippen LogP contribution in [0, 0.1) is 0 Å². The fourth-order valence-corrected chi connectivity index (χ4v) is 2.06. The third-order valence-corrected chi connectivity index (χ3v) is 3.35. The molecule has 3 N–H and O–H groups in total. The van der Waals surface area contributed by atoms with Gasteiger partial charge in [-0.15, -0.1) is 0 Å². The van der Waals surface area contributed by atoms with Crippen molar-refractivity contribution in [3.8, 4) is 0 Å². The second kappa shape index (κ2) is 7.85. The van der Waals surface area contributed by atoms with Crippen LogP contribution in [-0.4, -0.2) is 34.7 Å². The van der Waals surface area contributed by atoms with E-state index in [1.54, 1.807) is 24.3 Å². The van der Waals surface area contributed by atoms with Gasteiger partial charge in [-0.05, 0) is 30.5 Å². The van der Waals surface area contributed by atoms with Crippen molar-refractivity contribution in [1.82, 2.24) is 0 Å². The van der Waals surface area contributed by atoms with Crippen molar-refractivity contribution in [2.75, 3.05) is 23.1 Å². The fourth-order valence-electron chi connectivity index (χ4n) is 1.29. The van der Waals surface area contributed by atoms with Crippen molar-refractivity contribution < 1.29 is 14.4 Å². The number of hydrogen-bond donors (Lipinski definition) is 2. The summed E-state index contributed by atoms with van der Waals surface area (Å²) in [6.45, 7) is 0. The van der Waals surface area contributed by atoms with Crippen molar-refractivity contribution in [3.05, 3.63) is 29.8 Å². The van der Waals surface area contributed by atoms with Crippen LogP contribution in [0.2, 0.25) is 0 Å². The van der Waals surface area contributed by atoms with Crippen molar-refractivity contribution in [3.63, 3.8) is 0 Å². The number of benzene rings is 1. The van der Waals surface area contributed by atoms with Gasteiger partial charge < -0.3 is 11.1 Å². The molecule has 0 aliphatic heterocycles. The summed E-state index contributed by atoms with van der Waals surface area (Å²) in [5, 5.41) is 2.02. The van der Waals surface area contributed by atoms with Crippen molar-refractivity contribution >= 4 is 46.1 Å². The first-order valence-corrected chi connectivity index (χ1v) is 7.75. The second-order valence-corrected chi connectivity index (χ2v) is 5.44. The number of ketones is 1. The van der Waals surface area contributed by atoms with Crippen LogP contribution in [0.25, 0.3) is 0 Å². The van der Waals surface area contributed by atoms with Gasteiger partial charge in [0.1, 0.15) is 0 Å². The standard InChI is InChI=1S/C12H14N2O3S2/c1-18-6-10(15)8-2-4-9(5-3-8)14-11(16)7-19-12(13)17/h2-5H,6-7H2,1H3,(H2,13,17)(H,14,16). The van der Waals surface area contributed by atoms with Gasteiger partial charge in [0.05, 0.1) is 11.5 Å². The Labute approximate surface area is 119 Å². The molecule has 1 rings (SSSR count). The summed E-state index contributed by atoms with van der Waals surface area (Å²) in [5.74, 6) is 0.144. The molecule has 0 aliphatic rings. The number of rotatable bonds is 6. The molecule has 1 aromatic rings. The van der Waals surface area contributed by atoms with E-state index in [1.165, 1.54) is 11.8 Å². The van der Waals surface area contributed by atoms with Crippen LogP contribution in [0.4, 0.5) is 10.5 Å². The highest BCUT2D eigenvalue weighted by Gasteiger charge is 2.07. The number of primary amides is 1. The molecular formula is C12H14N2O3S2. The smallest absolute Gasteiger partial charge is 0.276 e. The third-order valence-electron chi connectivity index (χ3n) is 2.11. The Bertz CT molecular complexity index is 474. The zero-order valence-electron chi connectivity index (χ0n) is 10.3. The molecule has 5 nitrogen and oxygen atoms in total. The summed E-state index contributed by atoms with van der Waals surface area (Å²) >= 11 is 2.21. The Morgan fingerprint density at radius 3 is 2.32 bits per heavy atom. The van der Waals surface area contributed by atoms with Crippen molar-refractivity contribution in [2.24, 2.45) is 5.73 Å². The highest BCUT2D eigenvalue weighted by molar-refractivity contribution is 8.14. The first kappa shape index (κ1) is 15.6. The summed E-state index contributed by atoms with van der Waals surface area (Å²) in [6, 6.07) is 6.63. The normalized spacial score (nSPS) is 9.95. The van der Waals surface area contributed by atoms with Gasteiger partial charge in [0.2, 0.25) is 5.91 Å². The lowest BCUT2D eigenvalue weighted by molar-refractivity contribution is -0.113. The van der Waals surface area contributed by atoms with E-state index in [9.17, 15) is 14.4 Å². The van der Waals surface area contributed by atoms with Gasteiger partial charge in [-0.25, -0.2) is 0 Å². The molecule has 0 atom stereocenters. The Hall–Kier alpha value is -1.47. The van der Waals surface area contributed by atoms with Crippen LogP contribution >= 0.6 is 23.5 Å². The van der Waals surface area contributed by atoms with Crippen LogP contribution in [0.3, 0.4) is 0 Å². The van der Waals surface area contributed by atoms with Crippen LogP contribution in [0.15, 0.2) is 24.3 Å². The number of amides is 2. The molecule has 0 unspecified atom stereocenters. The van der Waals surface area contributed by atoms with Crippen molar-refractivity contribution in [1.29, 1.82) is 0 Å². The Balaban J connectivity index is 2.54. The van der Waals surface area contributed by atoms with Crippen LogP contribution in [-0.2, 0) is 4.79 Å². The second-order valence-electron chi connectivity index (χ2n) is 3.59. The summed E-state index contributed by atoms with van der Waals surface area (Å²) in [5.41, 5.74) is 6.11. The van der Waals surface area contributed by atoms with Gasteiger partial charge >= 0.3 is 0 Å². The number of anilines is 1. The van der Waals surface area contributed by atoms with Crippen molar-refractivity contribution in [2.45, 2.75) is 0 Å². The molecule has 102 valence electrons. The minimum atomic E-state index is -0.590. The van der Waals surface area contributed by atoms with E-state index in [0.717, 1.165) is 11.8 Å². The van der Waals surface area contributed by atoms with E-state index in [4.69, 9.17) is 5.73 Å². The van der Waals surface area contributed by atoms with Crippen LogP contribution < -0.4 is 11.1 Å². The molecular weight excluding hydrogens is 284 g/mol. The summed E-state index contributed by atoms with van der Waals surface area (Å²) < 4.78 is 0. The predicted molar refractivity (Wildman–Crippen MR) is 79.8 cm³/mol. The maximum Gasteiger partial charge on any atom is 0.276 e. The Morgan fingerprint density at radius 1 is 1.16 bits per heavy atom. The zero-order valence-corrected chi connectivity index (χ0v) is 12.0. The highest BCUT2D eigenvalue weighted by Crippen LogP contribution is 2.12. The van der Waals surface area contributed by atoms with Crippen LogP contribution in [0.1, 0.15) is 10.4 Å². The maximum absolute atomic E-state index is 11.6. The maximum atomic E-state index is 11.6. The minimum absolute atomic E-state index is 0.0253. The van der Waals surface area contributed by atoms with E-state index in [1.807, 2.05) is 6.26 Å². The van der Waals surface area contributed by atoms with Gasteiger partial charge in [-0.3, -0.25) is 14.4 Å². The number of nitrogens with one attached hydrogen (secondary N) is 1. The first-order valence-electron chi connectivity index (χ1n) is 5.37. The number of carbonyl (C=O) groups excluding carboxylic acids is 3. The molecule has 1 aromatic carbocycles. The monoisotopic (exact) mass is 298 g/mol. The lowest BCUT2D eigenvalue weighted by atomic mass is 10.1. The van der Waals surface area contributed by atoms with Gasteiger partial charge in [0, 0.05) is 11.3 Å². The molecule has 0 aromatic heterocycles. The number of thioether (sulfide) groups is 2. The number of carbonyl (C=O) groups is 3. The molecule has 0 heterocycles. The summed E-state index contributed by atoms with van der Waals surface area (Å²) in [6.07, 6.45) is 1.86. The zero-order chi connectivity index (χ0) is 14.3. The molecule has 2 amide bonds. The molecule has 0 spiro atoms. The van der Waals surface area contributed by atoms with E-state index < -0.39 is 5.24 Å². The van der Waals surface area contributed by atoms with E-state index >= 15 is 0 Å². The number of Topliss-reactive ketones (excluding diaryl/α,β-unsaturated/α-hetero) is 1. The predicted octanol–water partition coefficient (Wildman–Crippen LogP) is 1.98. The number of hydrogen-bond acceptors (Lipinski definition) is 5. The van der Waals surface area contributed by atoms with Gasteiger partial charge in [-0.2, -0.15) is 11.8 Å². The highest BCUT2D eigenvalue weighted by atomic mass is 32.2. The molecule has 0 saturated heterocycles. The SMILES string of the molecule is CSCC(=O)c1ccc(NC(=O)CSC(N)=O)cc1. The van der Waals surface area contributed by atoms with Gasteiger partial charge in [-0.1, -0.05) is 11.8 Å². The average molecular weight is 298 g/mol. The molecule has 0 radical (unpaired) electrons. The molecule has 0 saturated carbocycles. The minimum Gasteiger partial charge on any atom is -0.361 e. The average Bonchev–Trinajstić information content (AvgIpc) is 2.37. The lowest BCUT2D eigenvalue weighted by Crippen LogP contribution is -2.17. The third kappa shape index (κ3) is 5.80.